The Kier molecular flexibility index (Phi) is 6.37. The first-order valence-electron chi connectivity index (χ1n) is 9.75. The van der Waals surface area contributed by atoms with E-state index in [0.29, 0.717) is 12.2 Å². The number of ether oxygens (including phenoxy) is 3. The minimum atomic E-state index is -0.288. The summed E-state index contributed by atoms with van der Waals surface area (Å²) in [4.78, 5) is 12.9. The molecule has 0 aliphatic heterocycles. The van der Waals surface area contributed by atoms with Crippen LogP contribution >= 0.6 is 12.2 Å². The summed E-state index contributed by atoms with van der Waals surface area (Å²) >= 11 is 4.99. The Bertz CT molecular complexity index is 1310. The highest BCUT2D eigenvalue weighted by atomic mass is 32.1. The SMILES string of the molecule is COc1ccc(COc2cn(Cc3ccc(OC)cc3)c(-c3n[nH]c(=S)o3)cc2=O)cc1. The van der Waals surface area contributed by atoms with Gasteiger partial charge in [-0.15, -0.1) is 5.10 Å². The van der Waals surface area contributed by atoms with E-state index < -0.39 is 0 Å². The van der Waals surface area contributed by atoms with E-state index in [1.807, 2.05) is 53.1 Å². The largest absolute Gasteiger partial charge is 0.497 e. The molecule has 4 rings (SSSR count). The smallest absolute Gasteiger partial charge is 0.284 e. The molecule has 164 valence electrons. The third-order valence-corrected chi connectivity index (χ3v) is 4.99. The quantitative estimate of drug-likeness (QED) is 0.401. The van der Waals surface area contributed by atoms with Gasteiger partial charge in [-0.25, -0.2) is 5.10 Å². The normalized spacial score (nSPS) is 10.7. The summed E-state index contributed by atoms with van der Waals surface area (Å²) in [5.41, 5.74) is 2.10. The van der Waals surface area contributed by atoms with Crippen molar-refractivity contribution in [2.45, 2.75) is 13.2 Å². The van der Waals surface area contributed by atoms with E-state index in [4.69, 9.17) is 30.8 Å². The van der Waals surface area contributed by atoms with Crippen LogP contribution in [0.25, 0.3) is 11.6 Å². The molecule has 4 aromatic rings. The van der Waals surface area contributed by atoms with Crippen LogP contribution in [0.3, 0.4) is 0 Å². The maximum absolute atomic E-state index is 12.7. The van der Waals surface area contributed by atoms with Gasteiger partial charge in [0.05, 0.1) is 20.4 Å². The first-order valence-corrected chi connectivity index (χ1v) is 10.2. The average molecular weight is 452 g/mol. The summed E-state index contributed by atoms with van der Waals surface area (Å²) in [6, 6.07) is 16.5. The average Bonchev–Trinajstić information content (AvgIpc) is 3.26. The zero-order valence-electron chi connectivity index (χ0n) is 17.5. The van der Waals surface area contributed by atoms with Gasteiger partial charge in [-0.05, 0) is 47.6 Å². The van der Waals surface area contributed by atoms with Gasteiger partial charge in [-0.3, -0.25) is 4.79 Å². The van der Waals surface area contributed by atoms with Gasteiger partial charge in [0.2, 0.25) is 5.43 Å². The van der Waals surface area contributed by atoms with Gasteiger partial charge >= 0.3 is 0 Å². The van der Waals surface area contributed by atoms with Crippen LogP contribution in [0.2, 0.25) is 0 Å². The maximum Gasteiger partial charge on any atom is 0.284 e. The van der Waals surface area contributed by atoms with Gasteiger partial charge in [0, 0.05) is 12.6 Å². The van der Waals surface area contributed by atoms with Gasteiger partial charge in [0.15, 0.2) is 5.75 Å². The second kappa shape index (κ2) is 9.52. The Balaban J connectivity index is 1.65. The fraction of sp³-hybridized carbons (Fsp3) is 0.174. The number of aromatic nitrogens is 3. The van der Waals surface area contributed by atoms with Crippen molar-refractivity contribution in [3.05, 3.63) is 87.0 Å². The molecule has 0 amide bonds. The Hall–Kier alpha value is -3.85. The molecule has 8 nitrogen and oxygen atoms in total. The molecule has 0 radical (unpaired) electrons. The number of pyridine rings is 1. The summed E-state index contributed by atoms with van der Waals surface area (Å²) in [6.07, 6.45) is 1.65. The van der Waals surface area contributed by atoms with Crippen molar-refractivity contribution in [2.75, 3.05) is 14.2 Å². The first-order chi connectivity index (χ1) is 15.6. The van der Waals surface area contributed by atoms with E-state index in [-0.39, 0.29) is 28.5 Å². The lowest BCUT2D eigenvalue weighted by atomic mass is 10.2. The molecule has 0 fully saturated rings. The van der Waals surface area contributed by atoms with E-state index in [2.05, 4.69) is 10.2 Å². The minimum absolute atomic E-state index is 0.128. The van der Waals surface area contributed by atoms with E-state index in [1.165, 1.54) is 6.07 Å². The van der Waals surface area contributed by atoms with Gasteiger partial charge < -0.3 is 23.2 Å². The molecule has 1 N–H and O–H groups in total. The molecule has 0 saturated heterocycles. The first kappa shape index (κ1) is 21.4. The molecule has 0 saturated carbocycles. The highest BCUT2D eigenvalue weighted by molar-refractivity contribution is 7.71. The Morgan fingerprint density at radius 3 is 2.19 bits per heavy atom. The maximum atomic E-state index is 12.7. The van der Waals surface area contributed by atoms with Crippen molar-refractivity contribution in [1.82, 2.24) is 14.8 Å². The molecule has 2 heterocycles. The molecule has 0 aliphatic rings. The predicted molar refractivity (Wildman–Crippen MR) is 121 cm³/mol. The zero-order valence-corrected chi connectivity index (χ0v) is 18.3. The monoisotopic (exact) mass is 451 g/mol. The number of H-pyrrole nitrogens is 1. The van der Waals surface area contributed by atoms with Crippen molar-refractivity contribution < 1.29 is 18.6 Å². The molecule has 0 aliphatic carbocycles. The standard InChI is InChI=1S/C23H21N3O5S/c1-28-17-7-3-15(4-8-17)12-26-13-21(30-14-16-5-9-18(29-2)10-6-16)20(27)11-19(26)22-24-25-23(32)31-22/h3-11,13H,12,14H2,1-2H3,(H,25,32). The molecule has 0 spiro atoms. The fourth-order valence-electron chi connectivity index (χ4n) is 3.13. The molecule has 2 aromatic heterocycles. The summed E-state index contributed by atoms with van der Waals surface area (Å²) in [5.74, 6) is 1.95. The number of rotatable bonds is 8. The van der Waals surface area contributed by atoms with Gasteiger partial charge in [-0.1, -0.05) is 24.3 Å². The number of aromatic amines is 1. The number of hydrogen-bond donors (Lipinski definition) is 1. The summed E-state index contributed by atoms with van der Waals surface area (Å²) in [6.45, 7) is 0.692. The third-order valence-electron chi connectivity index (χ3n) is 4.82. The van der Waals surface area contributed by atoms with Crippen LogP contribution in [0.4, 0.5) is 0 Å². The van der Waals surface area contributed by atoms with Gasteiger partial charge in [0.25, 0.3) is 10.7 Å². The Labute approximate surface area is 189 Å². The van der Waals surface area contributed by atoms with Crippen LogP contribution in [0, 0.1) is 4.84 Å². The molecular formula is C23H21N3O5S. The Morgan fingerprint density at radius 1 is 1.00 bits per heavy atom. The number of hydrogen-bond acceptors (Lipinski definition) is 7. The van der Waals surface area contributed by atoms with E-state index in [9.17, 15) is 4.79 Å². The van der Waals surface area contributed by atoms with Crippen LogP contribution < -0.4 is 19.6 Å². The van der Waals surface area contributed by atoms with Crippen molar-refractivity contribution in [1.29, 1.82) is 0 Å². The summed E-state index contributed by atoms with van der Waals surface area (Å²) < 4.78 is 23.5. The lowest BCUT2D eigenvalue weighted by Crippen LogP contribution is -2.14. The molecular weight excluding hydrogens is 430 g/mol. The van der Waals surface area contributed by atoms with Crippen LogP contribution in [0.5, 0.6) is 17.2 Å². The second-order valence-electron chi connectivity index (χ2n) is 6.92. The topological polar surface area (TPSA) is 91.5 Å². The lowest BCUT2D eigenvalue weighted by molar-refractivity contribution is 0.300. The van der Waals surface area contributed by atoms with E-state index in [0.717, 1.165) is 22.6 Å². The predicted octanol–water partition coefficient (Wildman–Crippen LogP) is 4.21. The van der Waals surface area contributed by atoms with Crippen LogP contribution in [0.1, 0.15) is 11.1 Å². The highest BCUT2D eigenvalue weighted by Gasteiger charge is 2.15. The van der Waals surface area contributed by atoms with Crippen molar-refractivity contribution in [3.8, 4) is 28.8 Å². The Morgan fingerprint density at radius 2 is 1.62 bits per heavy atom. The molecule has 9 heteroatoms. The number of benzene rings is 2. The van der Waals surface area contributed by atoms with Crippen LogP contribution in [-0.4, -0.2) is 29.0 Å². The van der Waals surface area contributed by atoms with E-state index in [1.54, 1.807) is 20.4 Å². The molecule has 0 unspecified atom stereocenters. The summed E-state index contributed by atoms with van der Waals surface area (Å²) in [5, 5.41) is 6.66. The lowest BCUT2D eigenvalue weighted by Gasteiger charge is -2.14. The number of methoxy groups -OCH3 is 2. The van der Waals surface area contributed by atoms with Gasteiger partial charge in [-0.2, -0.15) is 0 Å². The number of nitrogens with one attached hydrogen (secondary N) is 1. The minimum Gasteiger partial charge on any atom is -0.497 e. The summed E-state index contributed by atoms with van der Waals surface area (Å²) in [7, 11) is 3.23. The zero-order chi connectivity index (χ0) is 22.5. The second-order valence-corrected chi connectivity index (χ2v) is 7.29. The molecule has 0 bridgehead atoms. The van der Waals surface area contributed by atoms with E-state index >= 15 is 0 Å². The van der Waals surface area contributed by atoms with Crippen molar-refractivity contribution in [3.63, 3.8) is 0 Å². The third kappa shape index (κ3) is 4.89. The highest BCUT2D eigenvalue weighted by Crippen LogP contribution is 2.21. The number of nitrogens with zero attached hydrogens (tertiary/aromatic N) is 2. The molecule has 0 atom stereocenters. The van der Waals surface area contributed by atoms with Gasteiger partial charge in [0.1, 0.15) is 23.8 Å². The van der Waals surface area contributed by atoms with Crippen molar-refractivity contribution in [2.24, 2.45) is 0 Å². The van der Waals surface area contributed by atoms with Crippen LogP contribution in [0.15, 0.2) is 70.0 Å². The van der Waals surface area contributed by atoms with Crippen LogP contribution in [-0.2, 0) is 13.2 Å². The fourth-order valence-corrected chi connectivity index (χ4v) is 3.25. The van der Waals surface area contributed by atoms with Crippen molar-refractivity contribution >= 4 is 12.2 Å². The molecule has 2 aromatic carbocycles. The molecule has 32 heavy (non-hydrogen) atoms.